The SMILES string of the molecule is CCCS(=O)(=O)CCOc1ccc(C(=O)O)c(C)c1. The van der Waals surface area contributed by atoms with Crippen molar-refractivity contribution in [2.24, 2.45) is 0 Å². The highest BCUT2D eigenvalue weighted by atomic mass is 32.2. The van der Waals surface area contributed by atoms with E-state index in [1.807, 2.05) is 6.92 Å². The molecular weight excluding hydrogens is 268 g/mol. The molecule has 0 aliphatic heterocycles. The fourth-order valence-corrected chi connectivity index (χ4v) is 2.83. The number of carboxylic acids is 1. The Kier molecular flexibility index (Phi) is 5.35. The number of carboxylic acid groups (broad SMARTS) is 1. The molecule has 0 aromatic heterocycles. The van der Waals surface area contributed by atoms with Crippen molar-refractivity contribution in [1.29, 1.82) is 0 Å². The second kappa shape index (κ2) is 6.56. The van der Waals surface area contributed by atoms with Gasteiger partial charge in [-0.2, -0.15) is 0 Å². The van der Waals surface area contributed by atoms with Crippen LogP contribution >= 0.6 is 0 Å². The lowest BCUT2D eigenvalue weighted by Crippen LogP contribution is -2.16. The number of hydrogen-bond donors (Lipinski definition) is 1. The smallest absolute Gasteiger partial charge is 0.335 e. The molecule has 0 aliphatic carbocycles. The van der Waals surface area contributed by atoms with E-state index in [4.69, 9.17) is 9.84 Å². The first-order chi connectivity index (χ1) is 8.85. The van der Waals surface area contributed by atoms with E-state index in [1.54, 1.807) is 13.0 Å². The predicted octanol–water partition coefficient (Wildman–Crippen LogP) is 1.90. The van der Waals surface area contributed by atoms with E-state index in [1.165, 1.54) is 12.1 Å². The first-order valence-corrected chi connectivity index (χ1v) is 7.85. The Balaban J connectivity index is 2.60. The molecule has 0 atom stereocenters. The van der Waals surface area contributed by atoms with E-state index >= 15 is 0 Å². The number of hydrogen-bond acceptors (Lipinski definition) is 4. The molecule has 106 valence electrons. The maximum absolute atomic E-state index is 11.5. The van der Waals surface area contributed by atoms with Crippen LogP contribution in [0.15, 0.2) is 18.2 Å². The molecule has 0 amide bonds. The molecule has 1 N–H and O–H groups in total. The molecular formula is C13H18O5S. The van der Waals surface area contributed by atoms with Crippen LogP contribution in [0.5, 0.6) is 5.75 Å². The molecule has 5 nitrogen and oxygen atoms in total. The summed E-state index contributed by atoms with van der Waals surface area (Å²) in [5.41, 5.74) is 0.798. The zero-order valence-electron chi connectivity index (χ0n) is 11.0. The van der Waals surface area contributed by atoms with Crippen molar-refractivity contribution in [3.05, 3.63) is 29.3 Å². The average molecular weight is 286 g/mol. The molecule has 1 aromatic carbocycles. The van der Waals surface area contributed by atoms with Crippen LogP contribution < -0.4 is 4.74 Å². The number of sulfone groups is 1. The number of carbonyl (C=O) groups is 1. The zero-order chi connectivity index (χ0) is 14.5. The summed E-state index contributed by atoms with van der Waals surface area (Å²) >= 11 is 0. The van der Waals surface area contributed by atoms with Gasteiger partial charge in [-0.25, -0.2) is 13.2 Å². The van der Waals surface area contributed by atoms with Gasteiger partial charge in [0.15, 0.2) is 9.84 Å². The minimum atomic E-state index is -3.05. The van der Waals surface area contributed by atoms with Gasteiger partial charge in [0.05, 0.1) is 17.1 Å². The molecule has 1 rings (SSSR count). The maximum Gasteiger partial charge on any atom is 0.335 e. The second-order valence-electron chi connectivity index (χ2n) is 4.28. The lowest BCUT2D eigenvalue weighted by molar-refractivity contribution is 0.0696. The number of benzene rings is 1. The molecule has 0 aliphatic rings. The Morgan fingerprint density at radius 1 is 1.32 bits per heavy atom. The first kappa shape index (κ1) is 15.5. The van der Waals surface area contributed by atoms with Crippen molar-refractivity contribution >= 4 is 15.8 Å². The average Bonchev–Trinajstić information content (AvgIpc) is 2.28. The van der Waals surface area contributed by atoms with Gasteiger partial charge < -0.3 is 9.84 Å². The van der Waals surface area contributed by atoms with Gasteiger partial charge in [0.2, 0.25) is 0 Å². The molecule has 0 spiro atoms. The summed E-state index contributed by atoms with van der Waals surface area (Å²) in [4.78, 5) is 10.8. The van der Waals surface area contributed by atoms with Gasteiger partial charge in [-0.15, -0.1) is 0 Å². The molecule has 0 bridgehead atoms. The van der Waals surface area contributed by atoms with Crippen LogP contribution in [-0.2, 0) is 9.84 Å². The number of rotatable bonds is 7. The van der Waals surface area contributed by atoms with E-state index in [0.29, 0.717) is 17.7 Å². The summed E-state index contributed by atoms with van der Waals surface area (Å²) in [6.07, 6.45) is 0.592. The topological polar surface area (TPSA) is 80.7 Å². The summed E-state index contributed by atoms with van der Waals surface area (Å²) in [7, 11) is -3.05. The number of ether oxygens (including phenoxy) is 1. The van der Waals surface area contributed by atoms with Crippen LogP contribution in [0.25, 0.3) is 0 Å². The Labute approximate surface area is 113 Å². The third kappa shape index (κ3) is 4.90. The molecule has 6 heteroatoms. The normalized spacial score (nSPS) is 11.3. The number of aromatic carboxylic acids is 1. The van der Waals surface area contributed by atoms with E-state index < -0.39 is 15.8 Å². The van der Waals surface area contributed by atoms with Crippen molar-refractivity contribution in [3.63, 3.8) is 0 Å². The summed E-state index contributed by atoms with van der Waals surface area (Å²) < 4.78 is 28.3. The second-order valence-corrected chi connectivity index (χ2v) is 6.59. The Morgan fingerprint density at radius 3 is 2.53 bits per heavy atom. The molecule has 0 saturated heterocycles. The van der Waals surface area contributed by atoms with Gasteiger partial charge in [-0.1, -0.05) is 6.92 Å². The fraction of sp³-hybridized carbons (Fsp3) is 0.462. The standard InChI is InChI=1S/C13H18O5S/c1-3-7-19(16,17)8-6-18-11-4-5-12(13(14)15)10(2)9-11/h4-5,9H,3,6-8H2,1-2H3,(H,14,15). The summed E-state index contributed by atoms with van der Waals surface area (Å²) in [6.45, 7) is 3.56. The van der Waals surface area contributed by atoms with Crippen LogP contribution in [0, 0.1) is 6.92 Å². The third-order valence-electron chi connectivity index (χ3n) is 2.61. The van der Waals surface area contributed by atoms with E-state index in [0.717, 1.165) is 0 Å². The minimum absolute atomic E-state index is 0.0272. The molecule has 1 aromatic rings. The highest BCUT2D eigenvalue weighted by molar-refractivity contribution is 7.91. The lowest BCUT2D eigenvalue weighted by atomic mass is 10.1. The van der Waals surface area contributed by atoms with E-state index in [-0.39, 0.29) is 23.7 Å². The molecule has 0 fully saturated rings. The monoisotopic (exact) mass is 286 g/mol. The van der Waals surface area contributed by atoms with Crippen molar-refractivity contribution in [2.75, 3.05) is 18.1 Å². The molecule has 0 unspecified atom stereocenters. The van der Waals surface area contributed by atoms with Crippen molar-refractivity contribution in [3.8, 4) is 5.75 Å². The van der Waals surface area contributed by atoms with Crippen LogP contribution in [0.4, 0.5) is 0 Å². The fourth-order valence-electron chi connectivity index (χ4n) is 1.67. The van der Waals surface area contributed by atoms with Crippen molar-refractivity contribution < 1.29 is 23.1 Å². The summed E-state index contributed by atoms with van der Waals surface area (Å²) in [5.74, 6) is -0.378. The molecule has 0 heterocycles. The zero-order valence-corrected chi connectivity index (χ0v) is 11.9. The van der Waals surface area contributed by atoms with Crippen LogP contribution in [0.2, 0.25) is 0 Å². The molecule has 0 radical (unpaired) electrons. The van der Waals surface area contributed by atoms with Gasteiger partial charge in [0.1, 0.15) is 12.4 Å². The van der Waals surface area contributed by atoms with Crippen LogP contribution in [0.3, 0.4) is 0 Å². The largest absolute Gasteiger partial charge is 0.493 e. The summed E-state index contributed by atoms with van der Waals surface area (Å²) in [6, 6.07) is 4.58. The Bertz CT molecular complexity index is 548. The highest BCUT2D eigenvalue weighted by Crippen LogP contribution is 2.17. The Hall–Kier alpha value is -1.56. The van der Waals surface area contributed by atoms with Crippen molar-refractivity contribution in [1.82, 2.24) is 0 Å². The quantitative estimate of drug-likeness (QED) is 0.828. The van der Waals surface area contributed by atoms with E-state index in [2.05, 4.69) is 0 Å². The van der Waals surface area contributed by atoms with Gasteiger partial charge in [0, 0.05) is 0 Å². The predicted molar refractivity (Wildman–Crippen MR) is 72.6 cm³/mol. The molecule has 0 saturated carbocycles. The first-order valence-electron chi connectivity index (χ1n) is 6.03. The van der Waals surface area contributed by atoms with Crippen LogP contribution in [0.1, 0.15) is 29.3 Å². The molecule has 19 heavy (non-hydrogen) atoms. The highest BCUT2D eigenvalue weighted by Gasteiger charge is 2.11. The third-order valence-corrected chi connectivity index (χ3v) is 4.43. The lowest BCUT2D eigenvalue weighted by Gasteiger charge is -2.08. The van der Waals surface area contributed by atoms with Crippen molar-refractivity contribution in [2.45, 2.75) is 20.3 Å². The summed E-state index contributed by atoms with van der Waals surface area (Å²) in [5, 5.41) is 8.88. The van der Waals surface area contributed by atoms with Gasteiger partial charge in [-0.05, 0) is 37.1 Å². The number of aryl methyl sites for hydroxylation is 1. The van der Waals surface area contributed by atoms with Gasteiger partial charge in [-0.3, -0.25) is 0 Å². The minimum Gasteiger partial charge on any atom is -0.493 e. The maximum atomic E-state index is 11.5. The Morgan fingerprint density at radius 2 is 2.00 bits per heavy atom. The van der Waals surface area contributed by atoms with Crippen LogP contribution in [-0.4, -0.2) is 37.6 Å². The van der Waals surface area contributed by atoms with Gasteiger partial charge in [0.25, 0.3) is 0 Å². The van der Waals surface area contributed by atoms with Gasteiger partial charge >= 0.3 is 5.97 Å². The van der Waals surface area contributed by atoms with E-state index in [9.17, 15) is 13.2 Å².